The van der Waals surface area contributed by atoms with Crippen LogP contribution in [0.5, 0.6) is 11.5 Å². The van der Waals surface area contributed by atoms with E-state index in [-0.39, 0.29) is 11.4 Å². The molecule has 3 aromatic rings. The lowest BCUT2D eigenvalue weighted by Gasteiger charge is -2.20. The van der Waals surface area contributed by atoms with Gasteiger partial charge in [0.2, 0.25) is 5.75 Å². The molecule has 4 rings (SSSR count). The van der Waals surface area contributed by atoms with Gasteiger partial charge in [-0.1, -0.05) is 50.5 Å². The zero-order valence-electron chi connectivity index (χ0n) is 17.7. The van der Waals surface area contributed by atoms with Gasteiger partial charge in [-0.3, -0.25) is 10.1 Å². The van der Waals surface area contributed by atoms with E-state index in [9.17, 15) is 10.1 Å². The molecule has 0 aromatic heterocycles. The standard InChI is InChI=1S/C24H25N3O4/c1-3-4-5-6-13-31-23-20(27(28)29)14-17(15-21(23)30-2)24-25-18-11-7-9-16-10-8-12-19(26-24)22(16)18/h7-12,14-15H,3-6,13H2,1-2H3,(H,25,26). The molecule has 1 aliphatic rings. The molecule has 0 spiro atoms. The largest absolute Gasteiger partial charge is 0.493 e. The molecule has 0 saturated heterocycles. The number of benzene rings is 3. The van der Waals surface area contributed by atoms with Crippen molar-refractivity contribution in [3.05, 3.63) is 64.2 Å². The van der Waals surface area contributed by atoms with Gasteiger partial charge in [0.25, 0.3) is 0 Å². The second kappa shape index (κ2) is 9.04. The summed E-state index contributed by atoms with van der Waals surface area (Å²) < 4.78 is 11.2. The van der Waals surface area contributed by atoms with Crippen LogP contribution in [0.25, 0.3) is 10.8 Å². The van der Waals surface area contributed by atoms with Gasteiger partial charge < -0.3 is 14.8 Å². The van der Waals surface area contributed by atoms with Crippen molar-refractivity contribution in [2.75, 3.05) is 19.0 Å². The number of aliphatic imine (C=N–C) groups is 1. The number of unbranched alkanes of at least 4 members (excludes halogenated alkanes) is 3. The number of hydrogen-bond donors (Lipinski definition) is 1. The highest BCUT2D eigenvalue weighted by atomic mass is 16.6. The summed E-state index contributed by atoms with van der Waals surface area (Å²) in [7, 11) is 1.49. The smallest absolute Gasteiger partial charge is 0.315 e. The average Bonchev–Trinajstić information content (AvgIpc) is 2.78. The minimum Gasteiger partial charge on any atom is -0.493 e. The molecule has 1 N–H and O–H groups in total. The predicted octanol–water partition coefficient (Wildman–Crippen LogP) is 6.22. The van der Waals surface area contributed by atoms with Crippen LogP contribution in [-0.2, 0) is 0 Å². The summed E-state index contributed by atoms with van der Waals surface area (Å²) in [5, 5.41) is 17.2. The fraction of sp³-hybridized carbons (Fsp3) is 0.292. The highest BCUT2D eigenvalue weighted by Crippen LogP contribution is 2.41. The molecule has 3 aromatic carbocycles. The minimum absolute atomic E-state index is 0.133. The van der Waals surface area contributed by atoms with Crippen LogP contribution in [0.3, 0.4) is 0 Å². The van der Waals surface area contributed by atoms with Crippen LogP contribution in [0.2, 0.25) is 0 Å². The Morgan fingerprint density at radius 1 is 1.10 bits per heavy atom. The summed E-state index contributed by atoms with van der Waals surface area (Å²) in [5.74, 6) is 1.01. The monoisotopic (exact) mass is 419 g/mol. The summed E-state index contributed by atoms with van der Waals surface area (Å²) in [5.41, 5.74) is 2.16. The highest BCUT2D eigenvalue weighted by Gasteiger charge is 2.25. The molecule has 0 radical (unpaired) electrons. The van der Waals surface area contributed by atoms with Crippen molar-refractivity contribution in [3.63, 3.8) is 0 Å². The van der Waals surface area contributed by atoms with Gasteiger partial charge in [-0.05, 0) is 30.0 Å². The third-order valence-corrected chi connectivity index (χ3v) is 5.34. The number of anilines is 1. The first-order valence-electron chi connectivity index (χ1n) is 10.5. The van der Waals surface area contributed by atoms with Crippen molar-refractivity contribution in [2.45, 2.75) is 32.6 Å². The maximum absolute atomic E-state index is 11.8. The van der Waals surface area contributed by atoms with Crippen LogP contribution >= 0.6 is 0 Å². The van der Waals surface area contributed by atoms with E-state index in [1.165, 1.54) is 13.2 Å². The zero-order valence-corrected chi connectivity index (χ0v) is 17.7. The predicted molar refractivity (Wildman–Crippen MR) is 123 cm³/mol. The Labute approximate surface area is 180 Å². The number of nitro groups is 1. The maximum atomic E-state index is 11.8. The van der Waals surface area contributed by atoms with Gasteiger partial charge >= 0.3 is 5.69 Å². The van der Waals surface area contributed by atoms with Crippen LogP contribution in [0.1, 0.15) is 38.2 Å². The fourth-order valence-corrected chi connectivity index (χ4v) is 3.79. The molecule has 31 heavy (non-hydrogen) atoms. The topological polar surface area (TPSA) is 86.0 Å². The van der Waals surface area contributed by atoms with Gasteiger partial charge in [0.05, 0.1) is 24.3 Å². The summed E-state index contributed by atoms with van der Waals surface area (Å²) in [6.45, 7) is 2.54. The summed E-state index contributed by atoms with van der Waals surface area (Å²) in [6, 6.07) is 15.1. The summed E-state index contributed by atoms with van der Waals surface area (Å²) in [6.07, 6.45) is 4.09. The Hall–Kier alpha value is -3.61. The van der Waals surface area contributed by atoms with Crippen LogP contribution in [-0.4, -0.2) is 24.5 Å². The van der Waals surface area contributed by atoms with E-state index in [1.54, 1.807) is 6.07 Å². The first-order chi connectivity index (χ1) is 15.1. The van der Waals surface area contributed by atoms with Crippen molar-refractivity contribution >= 4 is 33.7 Å². The lowest BCUT2D eigenvalue weighted by atomic mass is 10.0. The van der Waals surface area contributed by atoms with Crippen LogP contribution in [0, 0.1) is 10.1 Å². The Kier molecular flexibility index (Phi) is 6.02. The number of hydrogen-bond acceptors (Lipinski definition) is 6. The van der Waals surface area contributed by atoms with E-state index in [0.717, 1.165) is 47.8 Å². The van der Waals surface area contributed by atoms with Gasteiger partial charge in [-0.15, -0.1) is 0 Å². The van der Waals surface area contributed by atoms with E-state index < -0.39 is 4.92 Å². The molecule has 0 unspecified atom stereocenters. The lowest BCUT2D eigenvalue weighted by Crippen LogP contribution is -2.17. The van der Waals surface area contributed by atoms with Crippen molar-refractivity contribution in [2.24, 2.45) is 4.99 Å². The van der Waals surface area contributed by atoms with Crippen LogP contribution in [0.15, 0.2) is 53.5 Å². The Bertz CT molecular complexity index is 1150. The second-order valence-electron chi connectivity index (χ2n) is 7.46. The molecular formula is C24H25N3O4. The Morgan fingerprint density at radius 2 is 1.90 bits per heavy atom. The van der Waals surface area contributed by atoms with Crippen molar-refractivity contribution in [1.29, 1.82) is 0 Å². The first kappa shape index (κ1) is 20.7. The molecule has 0 bridgehead atoms. The molecule has 160 valence electrons. The maximum Gasteiger partial charge on any atom is 0.315 e. The average molecular weight is 419 g/mol. The Balaban J connectivity index is 1.71. The number of amidine groups is 1. The van der Waals surface area contributed by atoms with Gasteiger partial charge in [-0.25, -0.2) is 4.99 Å². The number of nitro benzene ring substituents is 1. The molecule has 0 aliphatic carbocycles. The van der Waals surface area contributed by atoms with E-state index in [2.05, 4.69) is 12.2 Å². The lowest BCUT2D eigenvalue weighted by molar-refractivity contribution is -0.386. The highest BCUT2D eigenvalue weighted by molar-refractivity contribution is 6.19. The molecule has 1 heterocycles. The van der Waals surface area contributed by atoms with Gasteiger partial charge in [0.1, 0.15) is 5.84 Å². The number of nitrogens with one attached hydrogen (secondary N) is 1. The number of methoxy groups -OCH3 is 1. The summed E-state index contributed by atoms with van der Waals surface area (Å²) >= 11 is 0. The SMILES string of the molecule is CCCCCCOc1c(OC)cc(C2=Nc3cccc4cccc(c34)N2)cc1[N+](=O)[O-]. The molecule has 0 atom stereocenters. The number of rotatable bonds is 9. The van der Waals surface area contributed by atoms with Crippen LogP contribution < -0.4 is 14.8 Å². The van der Waals surface area contributed by atoms with E-state index in [4.69, 9.17) is 14.5 Å². The third-order valence-electron chi connectivity index (χ3n) is 5.34. The molecular weight excluding hydrogens is 394 g/mol. The quantitative estimate of drug-likeness (QED) is 0.253. The fourth-order valence-electron chi connectivity index (χ4n) is 3.79. The second-order valence-corrected chi connectivity index (χ2v) is 7.46. The molecule has 0 amide bonds. The molecule has 0 saturated carbocycles. The van der Waals surface area contributed by atoms with Crippen LogP contribution in [0.4, 0.5) is 17.1 Å². The van der Waals surface area contributed by atoms with E-state index >= 15 is 0 Å². The first-order valence-corrected chi connectivity index (χ1v) is 10.5. The van der Waals surface area contributed by atoms with E-state index in [1.807, 2.05) is 36.4 Å². The molecule has 7 heteroatoms. The molecule has 0 fully saturated rings. The third kappa shape index (κ3) is 4.17. The van der Waals surface area contributed by atoms with Crippen molar-refractivity contribution in [1.82, 2.24) is 0 Å². The number of nitrogens with zero attached hydrogens (tertiary/aromatic N) is 2. The van der Waals surface area contributed by atoms with Gasteiger partial charge in [-0.2, -0.15) is 0 Å². The van der Waals surface area contributed by atoms with Gasteiger partial charge in [0.15, 0.2) is 5.75 Å². The minimum atomic E-state index is -0.439. The van der Waals surface area contributed by atoms with Crippen molar-refractivity contribution in [3.8, 4) is 11.5 Å². The Morgan fingerprint density at radius 3 is 2.65 bits per heavy atom. The van der Waals surface area contributed by atoms with Gasteiger partial charge in [0, 0.05) is 22.7 Å². The summed E-state index contributed by atoms with van der Waals surface area (Å²) in [4.78, 5) is 16.1. The molecule has 7 nitrogen and oxygen atoms in total. The number of ether oxygens (including phenoxy) is 2. The normalized spacial score (nSPS) is 12.3. The zero-order chi connectivity index (χ0) is 21.8. The van der Waals surface area contributed by atoms with Crippen molar-refractivity contribution < 1.29 is 14.4 Å². The van der Waals surface area contributed by atoms with E-state index in [0.29, 0.717) is 23.8 Å². The molecule has 1 aliphatic heterocycles.